The minimum Gasteiger partial charge on any atom is -0.300 e. The Kier molecular flexibility index (Phi) is 8.08. The normalized spacial score (nSPS) is 10.0. The molecule has 0 unspecified atom stereocenters. The fourth-order valence-electron chi connectivity index (χ4n) is 0.677. The molecule has 0 saturated carbocycles. The molecule has 0 aromatic rings. The molecule has 0 aliphatic rings. The second-order valence-electron chi connectivity index (χ2n) is 3.38. The molecule has 0 fully saturated rings. The molecule has 0 atom stereocenters. The zero-order valence-corrected chi connectivity index (χ0v) is 9.68. The lowest BCUT2D eigenvalue weighted by molar-refractivity contribution is -0.171. The Morgan fingerprint density at radius 1 is 0.765 bits per heavy atom. The summed E-state index contributed by atoms with van der Waals surface area (Å²) in [5.41, 5.74) is 0. The predicted octanol–water partition coefficient (Wildman–Crippen LogP) is 1.65. The van der Waals surface area contributed by atoms with Crippen molar-refractivity contribution in [1.82, 2.24) is 0 Å². The lowest BCUT2D eigenvalue weighted by Gasteiger charge is -2.00. The van der Waals surface area contributed by atoms with E-state index in [2.05, 4.69) is 0 Å². The molecule has 0 saturated heterocycles. The average Bonchev–Trinajstić information content (AvgIpc) is 1.98. The van der Waals surface area contributed by atoms with E-state index in [1.54, 1.807) is 0 Å². The highest BCUT2D eigenvalue weighted by Crippen LogP contribution is 2.17. The molecular formula is C10H13F3O4. The van der Waals surface area contributed by atoms with Crippen LogP contribution in [0.3, 0.4) is 0 Å². The van der Waals surface area contributed by atoms with Crippen molar-refractivity contribution >= 4 is 23.1 Å². The molecule has 7 heteroatoms. The highest BCUT2D eigenvalue weighted by molar-refractivity contribution is 6.00. The third-order valence-corrected chi connectivity index (χ3v) is 1.22. The van der Waals surface area contributed by atoms with Crippen molar-refractivity contribution in [2.75, 3.05) is 0 Å². The van der Waals surface area contributed by atoms with E-state index in [4.69, 9.17) is 0 Å². The lowest BCUT2D eigenvalue weighted by Crippen LogP contribution is -2.24. The van der Waals surface area contributed by atoms with Gasteiger partial charge in [-0.05, 0) is 20.8 Å². The van der Waals surface area contributed by atoms with E-state index in [-0.39, 0.29) is 18.0 Å². The SMILES string of the molecule is CC(=O)CC(=O)C(F)(F)F.CC(=O)CC(C)=O. The van der Waals surface area contributed by atoms with Gasteiger partial charge in [-0.25, -0.2) is 0 Å². The minimum atomic E-state index is -4.87. The van der Waals surface area contributed by atoms with Crippen LogP contribution in [-0.2, 0) is 19.2 Å². The van der Waals surface area contributed by atoms with Crippen molar-refractivity contribution in [2.24, 2.45) is 0 Å². The molecule has 0 aromatic heterocycles. The van der Waals surface area contributed by atoms with Gasteiger partial charge in [-0.15, -0.1) is 0 Å². The summed E-state index contributed by atoms with van der Waals surface area (Å²) in [7, 11) is 0. The van der Waals surface area contributed by atoms with Crippen molar-refractivity contribution in [2.45, 2.75) is 39.8 Å². The molecular weight excluding hydrogens is 241 g/mol. The van der Waals surface area contributed by atoms with Gasteiger partial charge in [0.1, 0.15) is 17.3 Å². The van der Waals surface area contributed by atoms with Crippen molar-refractivity contribution in [3.05, 3.63) is 0 Å². The maximum atomic E-state index is 11.3. The Balaban J connectivity index is 0. The maximum absolute atomic E-state index is 11.3. The number of hydrogen-bond acceptors (Lipinski definition) is 4. The predicted molar refractivity (Wildman–Crippen MR) is 52.3 cm³/mol. The minimum absolute atomic E-state index is 0.0625. The van der Waals surface area contributed by atoms with Gasteiger partial charge in [-0.2, -0.15) is 13.2 Å². The van der Waals surface area contributed by atoms with Crippen molar-refractivity contribution in [3.8, 4) is 0 Å². The molecule has 0 bridgehead atoms. The lowest BCUT2D eigenvalue weighted by atomic mass is 10.2. The molecule has 0 radical (unpaired) electrons. The van der Waals surface area contributed by atoms with Crippen LogP contribution in [-0.4, -0.2) is 29.3 Å². The summed E-state index contributed by atoms with van der Waals surface area (Å²) < 4.78 is 33.9. The van der Waals surface area contributed by atoms with E-state index in [1.165, 1.54) is 13.8 Å². The Bertz CT molecular complexity index is 306. The number of carbonyl (C=O) groups excluding carboxylic acids is 4. The highest BCUT2D eigenvalue weighted by atomic mass is 19.4. The quantitative estimate of drug-likeness (QED) is 0.715. The molecule has 17 heavy (non-hydrogen) atoms. The van der Waals surface area contributed by atoms with Crippen LogP contribution in [0.4, 0.5) is 13.2 Å². The van der Waals surface area contributed by atoms with Gasteiger partial charge >= 0.3 is 6.18 Å². The first-order valence-electron chi connectivity index (χ1n) is 4.55. The third-order valence-electron chi connectivity index (χ3n) is 1.22. The largest absolute Gasteiger partial charge is 0.450 e. The fourth-order valence-corrected chi connectivity index (χ4v) is 0.677. The van der Waals surface area contributed by atoms with E-state index in [0.717, 1.165) is 6.92 Å². The van der Waals surface area contributed by atoms with E-state index in [9.17, 15) is 32.3 Å². The number of halogens is 3. The number of carbonyl (C=O) groups is 4. The topological polar surface area (TPSA) is 68.3 Å². The average molecular weight is 254 g/mol. The Hall–Kier alpha value is -1.53. The molecule has 0 rings (SSSR count). The second kappa shape index (κ2) is 7.70. The van der Waals surface area contributed by atoms with Gasteiger partial charge in [0, 0.05) is 0 Å². The number of Topliss-reactive ketones (excluding diaryl/α,β-unsaturated/α-hetero) is 4. The molecule has 0 aliphatic carbocycles. The van der Waals surface area contributed by atoms with Crippen LogP contribution in [0.2, 0.25) is 0 Å². The molecule has 0 spiro atoms. The smallest absolute Gasteiger partial charge is 0.300 e. The van der Waals surface area contributed by atoms with E-state index in [1.807, 2.05) is 0 Å². The van der Waals surface area contributed by atoms with E-state index in [0.29, 0.717) is 0 Å². The molecule has 0 N–H and O–H groups in total. The van der Waals surface area contributed by atoms with Gasteiger partial charge in [0.25, 0.3) is 0 Å². The van der Waals surface area contributed by atoms with Crippen LogP contribution in [0.25, 0.3) is 0 Å². The van der Waals surface area contributed by atoms with Crippen LogP contribution in [0.1, 0.15) is 33.6 Å². The Labute approximate surface area is 96.2 Å². The first kappa shape index (κ1) is 17.9. The number of alkyl halides is 3. The molecule has 0 heterocycles. The van der Waals surface area contributed by atoms with Gasteiger partial charge in [0.15, 0.2) is 0 Å². The van der Waals surface area contributed by atoms with Crippen LogP contribution in [0.15, 0.2) is 0 Å². The second-order valence-corrected chi connectivity index (χ2v) is 3.38. The van der Waals surface area contributed by atoms with Gasteiger partial charge in [-0.1, -0.05) is 0 Å². The van der Waals surface area contributed by atoms with E-state index >= 15 is 0 Å². The summed E-state index contributed by atoms with van der Waals surface area (Å²) in [6.45, 7) is 3.74. The summed E-state index contributed by atoms with van der Waals surface area (Å²) in [6.07, 6.45) is -5.84. The summed E-state index contributed by atoms with van der Waals surface area (Å²) in [6, 6.07) is 0. The zero-order valence-electron chi connectivity index (χ0n) is 9.68. The van der Waals surface area contributed by atoms with Crippen molar-refractivity contribution in [3.63, 3.8) is 0 Å². The summed E-state index contributed by atoms with van der Waals surface area (Å²) in [5, 5.41) is 0. The van der Waals surface area contributed by atoms with Crippen LogP contribution >= 0.6 is 0 Å². The molecule has 0 amide bonds. The molecule has 98 valence electrons. The first-order chi connectivity index (χ1) is 7.46. The van der Waals surface area contributed by atoms with Crippen LogP contribution in [0, 0.1) is 0 Å². The molecule has 4 nitrogen and oxygen atoms in total. The van der Waals surface area contributed by atoms with Gasteiger partial charge in [0.2, 0.25) is 5.78 Å². The Morgan fingerprint density at radius 2 is 1.06 bits per heavy atom. The van der Waals surface area contributed by atoms with Gasteiger partial charge in [-0.3, -0.25) is 19.2 Å². The summed E-state index contributed by atoms with van der Waals surface area (Å²) in [4.78, 5) is 40.0. The van der Waals surface area contributed by atoms with Crippen LogP contribution < -0.4 is 0 Å². The summed E-state index contributed by atoms with van der Waals surface area (Å²) in [5.74, 6) is -2.89. The standard InChI is InChI=1S/C5H5F3O2.C5H8O2/c1-3(9)2-4(10)5(6,7)8;1-4(6)3-5(2)7/h2H2,1H3;3H2,1-2H3. The van der Waals surface area contributed by atoms with Gasteiger partial charge in [0.05, 0.1) is 12.8 Å². The Morgan fingerprint density at radius 3 is 1.12 bits per heavy atom. The number of hydrogen-bond donors (Lipinski definition) is 0. The first-order valence-corrected chi connectivity index (χ1v) is 4.55. The summed E-state index contributed by atoms with van der Waals surface area (Å²) >= 11 is 0. The van der Waals surface area contributed by atoms with Crippen molar-refractivity contribution < 1.29 is 32.3 Å². The molecule has 0 aliphatic heterocycles. The highest BCUT2D eigenvalue weighted by Gasteiger charge is 2.38. The fraction of sp³-hybridized carbons (Fsp3) is 0.600. The number of ketones is 4. The maximum Gasteiger partial charge on any atom is 0.450 e. The van der Waals surface area contributed by atoms with Gasteiger partial charge < -0.3 is 0 Å². The third kappa shape index (κ3) is 14.5. The monoisotopic (exact) mass is 254 g/mol. The molecule has 0 aromatic carbocycles. The zero-order chi connectivity index (χ0) is 14.2. The van der Waals surface area contributed by atoms with Crippen LogP contribution in [0.5, 0.6) is 0 Å². The van der Waals surface area contributed by atoms with E-state index < -0.39 is 24.2 Å². The van der Waals surface area contributed by atoms with Crippen molar-refractivity contribution in [1.29, 1.82) is 0 Å². The number of rotatable bonds is 4.